The number of imidazole rings is 1. The van der Waals surface area contributed by atoms with E-state index in [-0.39, 0.29) is 24.4 Å². The summed E-state index contributed by atoms with van der Waals surface area (Å²) >= 11 is 5.92. The quantitative estimate of drug-likeness (QED) is 0.615. The van der Waals surface area contributed by atoms with Crippen LogP contribution >= 0.6 is 11.6 Å². The van der Waals surface area contributed by atoms with Gasteiger partial charge in [-0.15, -0.1) is 0 Å². The number of halogens is 1. The van der Waals surface area contributed by atoms with Gasteiger partial charge in [-0.05, 0) is 11.6 Å². The second-order valence-electron chi connectivity index (χ2n) is 4.84. The van der Waals surface area contributed by atoms with Gasteiger partial charge < -0.3 is 19.7 Å². The van der Waals surface area contributed by atoms with Crippen LogP contribution in [-0.4, -0.2) is 55.2 Å². The molecule has 0 saturated carbocycles. The van der Waals surface area contributed by atoms with Crippen molar-refractivity contribution >= 4 is 22.8 Å². The van der Waals surface area contributed by atoms with Gasteiger partial charge in [-0.25, -0.2) is 4.98 Å². The number of aliphatic hydroxyl groups excluding tert-OH is 2. The van der Waals surface area contributed by atoms with Gasteiger partial charge in [-0.2, -0.15) is 9.97 Å². The maximum Gasteiger partial charge on any atom is 0.247 e. The molecule has 0 unspecified atom stereocenters. The van der Waals surface area contributed by atoms with E-state index in [1.807, 2.05) is 0 Å². The van der Waals surface area contributed by atoms with Crippen molar-refractivity contribution in [2.24, 2.45) is 0 Å². The molecule has 1 saturated heterocycles. The van der Waals surface area contributed by atoms with E-state index in [4.69, 9.17) is 26.2 Å². The van der Waals surface area contributed by atoms with E-state index < -0.39 is 18.4 Å². The Hall–Kier alpha value is -1.74. The van der Waals surface area contributed by atoms with Gasteiger partial charge >= 0.3 is 0 Å². The zero-order valence-electron chi connectivity index (χ0n) is 11.6. The van der Waals surface area contributed by atoms with Crippen LogP contribution in [0, 0.1) is 0 Å². The van der Waals surface area contributed by atoms with Crippen LogP contribution in [0.25, 0.3) is 11.2 Å². The van der Waals surface area contributed by atoms with Crippen molar-refractivity contribution in [1.82, 2.24) is 19.5 Å². The molecular formula is C13H15ClN4O4. The Balaban J connectivity index is 1.98. The maximum atomic E-state index is 9.84. The van der Waals surface area contributed by atoms with Crippen molar-refractivity contribution in [2.75, 3.05) is 13.2 Å². The summed E-state index contributed by atoms with van der Waals surface area (Å²) in [6, 6.07) is 0. The molecule has 0 spiro atoms. The fraction of sp³-hybridized carbons (Fsp3) is 0.462. The summed E-state index contributed by atoms with van der Waals surface area (Å²) in [5, 5.41) is 19.0. The van der Waals surface area contributed by atoms with Crippen LogP contribution in [0.2, 0.25) is 5.28 Å². The fourth-order valence-corrected chi connectivity index (χ4v) is 2.52. The molecule has 1 aliphatic rings. The molecule has 2 aromatic heterocycles. The van der Waals surface area contributed by atoms with Gasteiger partial charge in [-0.1, -0.05) is 12.7 Å². The molecule has 0 aromatic carbocycles. The Labute approximate surface area is 131 Å². The Bertz CT molecular complexity index is 692. The fourth-order valence-electron chi connectivity index (χ4n) is 2.36. The van der Waals surface area contributed by atoms with Crippen molar-refractivity contribution in [1.29, 1.82) is 0 Å². The Kier molecular flexibility index (Phi) is 4.25. The predicted octanol–water partition coefficient (Wildman–Crippen LogP) is 0.685. The first kappa shape index (κ1) is 15.2. The molecule has 3 atom stereocenters. The molecule has 0 amide bonds. The van der Waals surface area contributed by atoms with Crippen LogP contribution < -0.4 is 4.74 Å². The van der Waals surface area contributed by atoms with Gasteiger partial charge in [0.1, 0.15) is 18.9 Å². The van der Waals surface area contributed by atoms with Crippen LogP contribution in [0.1, 0.15) is 12.6 Å². The summed E-state index contributed by atoms with van der Waals surface area (Å²) in [6.07, 6.45) is 1.56. The number of rotatable bonds is 5. The minimum Gasteiger partial charge on any atom is -0.472 e. The number of aromatic nitrogens is 4. The van der Waals surface area contributed by atoms with Crippen LogP contribution in [0.3, 0.4) is 0 Å². The van der Waals surface area contributed by atoms with Crippen molar-refractivity contribution in [3.05, 3.63) is 24.3 Å². The highest BCUT2D eigenvalue weighted by Crippen LogP contribution is 2.32. The zero-order valence-corrected chi connectivity index (χ0v) is 12.3. The summed E-state index contributed by atoms with van der Waals surface area (Å²) in [7, 11) is 0. The third-order valence-electron chi connectivity index (χ3n) is 3.39. The third kappa shape index (κ3) is 2.66. The normalized spacial score (nSPS) is 24.8. The molecule has 1 aliphatic heterocycles. The molecule has 0 bridgehead atoms. The molecule has 118 valence electrons. The number of nitrogens with zero attached hydrogens (tertiary/aromatic N) is 4. The molecule has 3 heterocycles. The topological polar surface area (TPSA) is 103 Å². The molecule has 8 nitrogen and oxygen atoms in total. The SMILES string of the molecule is C=CCOc1nc(Cl)nc2c1ncn2[C@@H]1C[C@H](O)[C@@H](CO)O1. The van der Waals surface area contributed by atoms with E-state index in [9.17, 15) is 5.11 Å². The van der Waals surface area contributed by atoms with Crippen molar-refractivity contribution in [3.8, 4) is 5.88 Å². The van der Waals surface area contributed by atoms with Crippen LogP contribution in [0.4, 0.5) is 0 Å². The van der Waals surface area contributed by atoms with E-state index in [0.29, 0.717) is 17.6 Å². The van der Waals surface area contributed by atoms with E-state index in [2.05, 4.69) is 21.5 Å². The minimum absolute atomic E-state index is 0.0190. The average molecular weight is 327 g/mol. The smallest absolute Gasteiger partial charge is 0.247 e. The summed E-state index contributed by atoms with van der Waals surface area (Å²) in [5.74, 6) is 0.255. The van der Waals surface area contributed by atoms with E-state index in [1.165, 1.54) is 6.33 Å². The van der Waals surface area contributed by atoms with E-state index in [1.54, 1.807) is 10.6 Å². The van der Waals surface area contributed by atoms with Crippen molar-refractivity contribution in [3.63, 3.8) is 0 Å². The largest absolute Gasteiger partial charge is 0.472 e. The monoisotopic (exact) mass is 326 g/mol. The highest BCUT2D eigenvalue weighted by atomic mass is 35.5. The van der Waals surface area contributed by atoms with Gasteiger partial charge in [0.2, 0.25) is 11.2 Å². The molecule has 1 fully saturated rings. The van der Waals surface area contributed by atoms with Crippen LogP contribution in [0.15, 0.2) is 19.0 Å². The lowest BCUT2D eigenvalue weighted by Crippen LogP contribution is -2.24. The molecule has 0 aliphatic carbocycles. The van der Waals surface area contributed by atoms with Gasteiger partial charge in [0.15, 0.2) is 11.2 Å². The molecular weight excluding hydrogens is 312 g/mol. The van der Waals surface area contributed by atoms with E-state index >= 15 is 0 Å². The molecule has 22 heavy (non-hydrogen) atoms. The van der Waals surface area contributed by atoms with Crippen LogP contribution in [0.5, 0.6) is 5.88 Å². The molecule has 3 rings (SSSR count). The number of fused-ring (bicyclic) bond motifs is 1. The first-order valence-corrected chi connectivity index (χ1v) is 7.10. The average Bonchev–Trinajstić information content (AvgIpc) is 3.07. The summed E-state index contributed by atoms with van der Waals surface area (Å²) in [6.45, 7) is 3.58. The summed E-state index contributed by atoms with van der Waals surface area (Å²) in [4.78, 5) is 12.4. The molecule has 2 aromatic rings. The van der Waals surface area contributed by atoms with Gasteiger partial charge in [0.05, 0.1) is 19.0 Å². The van der Waals surface area contributed by atoms with Gasteiger partial charge in [0, 0.05) is 6.42 Å². The second kappa shape index (κ2) is 6.17. The lowest BCUT2D eigenvalue weighted by Gasteiger charge is -2.13. The molecule has 0 radical (unpaired) electrons. The Morgan fingerprint density at radius 3 is 3.05 bits per heavy atom. The maximum absolute atomic E-state index is 9.84. The second-order valence-corrected chi connectivity index (χ2v) is 5.17. The number of aliphatic hydroxyl groups is 2. The highest BCUT2D eigenvalue weighted by molar-refractivity contribution is 6.28. The lowest BCUT2D eigenvalue weighted by molar-refractivity contribution is -0.0432. The van der Waals surface area contributed by atoms with Gasteiger partial charge in [-0.3, -0.25) is 4.57 Å². The van der Waals surface area contributed by atoms with Crippen molar-refractivity contribution in [2.45, 2.75) is 24.9 Å². The minimum atomic E-state index is -0.749. The molecule has 9 heteroatoms. The standard InChI is InChI=1S/C13H15ClN4O4/c1-2-3-21-12-10-11(16-13(14)17-12)18(6-15-10)9-4-7(20)8(5-19)22-9/h2,6-9,19-20H,1,3-5H2/t7-,8+,9-/m0/s1. The number of hydrogen-bond acceptors (Lipinski definition) is 7. The Morgan fingerprint density at radius 1 is 1.55 bits per heavy atom. The summed E-state index contributed by atoms with van der Waals surface area (Å²) < 4.78 is 12.7. The van der Waals surface area contributed by atoms with Gasteiger partial charge in [0.25, 0.3) is 0 Å². The summed E-state index contributed by atoms with van der Waals surface area (Å²) in [5.41, 5.74) is 0.881. The predicted molar refractivity (Wildman–Crippen MR) is 77.6 cm³/mol. The lowest BCUT2D eigenvalue weighted by atomic mass is 10.2. The number of ether oxygens (including phenoxy) is 2. The first-order valence-electron chi connectivity index (χ1n) is 6.72. The molecule has 2 N–H and O–H groups in total. The highest BCUT2D eigenvalue weighted by Gasteiger charge is 2.35. The zero-order chi connectivity index (χ0) is 15.7. The van der Waals surface area contributed by atoms with Crippen molar-refractivity contribution < 1.29 is 19.7 Å². The Morgan fingerprint density at radius 2 is 2.36 bits per heavy atom. The third-order valence-corrected chi connectivity index (χ3v) is 3.56. The first-order chi connectivity index (χ1) is 10.6. The van der Waals surface area contributed by atoms with Crippen LogP contribution in [-0.2, 0) is 4.74 Å². The number of hydrogen-bond donors (Lipinski definition) is 2. The van der Waals surface area contributed by atoms with E-state index in [0.717, 1.165) is 0 Å².